The summed E-state index contributed by atoms with van der Waals surface area (Å²) in [5.41, 5.74) is 7.70. The third-order valence-electron chi connectivity index (χ3n) is 2.92. The fraction of sp³-hybridized carbons (Fsp3) is 0.438. The first-order valence-electron chi connectivity index (χ1n) is 7.10. The Bertz CT molecular complexity index is 520. The number of rotatable bonds is 7. The van der Waals surface area contributed by atoms with E-state index in [0.717, 1.165) is 42.8 Å². The second-order valence-electron chi connectivity index (χ2n) is 5.06. The van der Waals surface area contributed by atoms with Gasteiger partial charge >= 0.3 is 0 Å². The quantitative estimate of drug-likeness (QED) is 0.787. The van der Waals surface area contributed by atoms with Crippen LogP contribution in [0.5, 0.6) is 5.75 Å². The van der Waals surface area contributed by atoms with Crippen molar-refractivity contribution in [2.24, 2.45) is 5.73 Å². The van der Waals surface area contributed by atoms with E-state index in [2.05, 4.69) is 22.5 Å². The molecule has 0 aliphatic rings. The minimum atomic E-state index is 0.203. The Hall–Kier alpha value is -1.39. The van der Waals surface area contributed by atoms with Crippen molar-refractivity contribution in [2.75, 3.05) is 6.54 Å². The second kappa shape index (κ2) is 7.41. The van der Waals surface area contributed by atoms with Gasteiger partial charge in [-0.3, -0.25) is 0 Å². The number of nitrogens with zero attached hydrogens (tertiary/aromatic N) is 1. The molecule has 0 saturated heterocycles. The summed E-state index contributed by atoms with van der Waals surface area (Å²) < 4.78 is 5.65. The Kier molecular flexibility index (Phi) is 5.56. The summed E-state index contributed by atoms with van der Waals surface area (Å²) in [6.45, 7) is 4.82. The van der Waals surface area contributed by atoms with Crippen LogP contribution < -0.4 is 10.5 Å². The number of hydrogen-bond donors (Lipinski definition) is 1. The van der Waals surface area contributed by atoms with Gasteiger partial charge in [-0.25, -0.2) is 4.98 Å². The number of benzene rings is 1. The minimum Gasteiger partial charge on any atom is -0.491 e. The molecule has 4 heteroatoms. The summed E-state index contributed by atoms with van der Waals surface area (Å²) in [5, 5.41) is 3.31. The summed E-state index contributed by atoms with van der Waals surface area (Å²) >= 11 is 1.73. The predicted molar refractivity (Wildman–Crippen MR) is 85.3 cm³/mol. The van der Waals surface area contributed by atoms with Gasteiger partial charge in [0.1, 0.15) is 5.75 Å². The fourth-order valence-corrected chi connectivity index (χ4v) is 2.80. The summed E-state index contributed by atoms with van der Waals surface area (Å²) in [4.78, 5) is 4.68. The summed E-state index contributed by atoms with van der Waals surface area (Å²) in [5.74, 6) is 0.905. The molecule has 0 aliphatic carbocycles. The topological polar surface area (TPSA) is 48.1 Å². The van der Waals surface area contributed by atoms with Crippen LogP contribution in [0.15, 0.2) is 29.6 Å². The van der Waals surface area contributed by atoms with E-state index < -0.39 is 0 Å². The Labute approximate surface area is 124 Å². The van der Waals surface area contributed by atoms with Crippen molar-refractivity contribution in [3.8, 4) is 17.0 Å². The van der Waals surface area contributed by atoms with Crippen molar-refractivity contribution in [3.63, 3.8) is 0 Å². The number of ether oxygens (including phenoxy) is 1. The summed E-state index contributed by atoms with van der Waals surface area (Å²) in [7, 11) is 0. The third kappa shape index (κ3) is 4.32. The highest BCUT2D eigenvalue weighted by Crippen LogP contribution is 2.25. The van der Waals surface area contributed by atoms with Crippen molar-refractivity contribution in [1.29, 1.82) is 0 Å². The van der Waals surface area contributed by atoms with Gasteiger partial charge in [0.2, 0.25) is 0 Å². The number of aromatic nitrogens is 1. The molecule has 0 amide bonds. The van der Waals surface area contributed by atoms with E-state index in [4.69, 9.17) is 10.5 Å². The van der Waals surface area contributed by atoms with Gasteiger partial charge in [0.25, 0.3) is 0 Å². The van der Waals surface area contributed by atoms with Crippen LogP contribution in [0, 0.1) is 0 Å². The Morgan fingerprint density at radius 3 is 2.60 bits per heavy atom. The zero-order chi connectivity index (χ0) is 14.4. The maximum Gasteiger partial charge on any atom is 0.119 e. The van der Waals surface area contributed by atoms with Crippen LogP contribution in [0.25, 0.3) is 11.3 Å². The maximum absolute atomic E-state index is 5.65. The van der Waals surface area contributed by atoms with Gasteiger partial charge < -0.3 is 10.5 Å². The molecule has 2 N–H and O–H groups in total. The molecule has 0 aliphatic heterocycles. The monoisotopic (exact) mass is 290 g/mol. The Morgan fingerprint density at radius 2 is 1.95 bits per heavy atom. The number of unbranched alkanes of at least 4 members (excludes halogenated alkanes) is 1. The van der Waals surface area contributed by atoms with E-state index >= 15 is 0 Å². The second-order valence-corrected chi connectivity index (χ2v) is 6.01. The molecule has 108 valence electrons. The van der Waals surface area contributed by atoms with E-state index in [-0.39, 0.29) is 6.10 Å². The zero-order valence-corrected chi connectivity index (χ0v) is 13.0. The summed E-state index contributed by atoms with van der Waals surface area (Å²) in [6, 6.07) is 8.14. The van der Waals surface area contributed by atoms with Crippen LogP contribution in [-0.2, 0) is 6.42 Å². The molecule has 3 nitrogen and oxygen atoms in total. The van der Waals surface area contributed by atoms with E-state index in [1.165, 1.54) is 5.01 Å². The Morgan fingerprint density at radius 1 is 1.20 bits per heavy atom. The largest absolute Gasteiger partial charge is 0.491 e. The van der Waals surface area contributed by atoms with Crippen LogP contribution in [0.3, 0.4) is 0 Å². The van der Waals surface area contributed by atoms with Gasteiger partial charge in [0.05, 0.1) is 16.8 Å². The van der Waals surface area contributed by atoms with Gasteiger partial charge in [0, 0.05) is 10.9 Å². The molecule has 0 spiro atoms. The molecular formula is C16H22N2OS. The lowest BCUT2D eigenvalue weighted by Gasteiger charge is -2.09. The van der Waals surface area contributed by atoms with Gasteiger partial charge in [-0.05, 0) is 63.9 Å². The molecular weight excluding hydrogens is 268 g/mol. The standard InChI is InChI=1S/C16H22N2OS/c1-12(2)19-14-8-6-13(7-9-14)15-11-20-16(18-15)5-3-4-10-17/h6-9,11-12H,3-5,10,17H2,1-2H3. The molecule has 0 fully saturated rings. The van der Waals surface area contributed by atoms with Gasteiger partial charge in [-0.2, -0.15) is 0 Å². The minimum absolute atomic E-state index is 0.203. The molecule has 2 aromatic rings. The SMILES string of the molecule is CC(C)Oc1ccc(-c2csc(CCCCN)n2)cc1. The highest BCUT2D eigenvalue weighted by atomic mass is 32.1. The average molecular weight is 290 g/mol. The van der Waals surface area contributed by atoms with Crippen molar-refractivity contribution in [2.45, 2.75) is 39.2 Å². The zero-order valence-electron chi connectivity index (χ0n) is 12.1. The number of thiazole rings is 1. The van der Waals surface area contributed by atoms with E-state index in [9.17, 15) is 0 Å². The van der Waals surface area contributed by atoms with Crippen molar-refractivity contribution in [1.82, 2.24) is 4.98 Å². The van der Waals surface area contributed by atoms with Crippen molar-refractivity contribution >= 4 is 11.3 Å². The molecule has 20 heavy (non-hydrogen) atoms. The van der Waals surface area contributed by atoms with Gasteiger partial charge in [0.15, 0.2) is 0 Å². The molecule has 0 bridgehead atoms. The van der Waals surface area contributed by atoms with Crippen LogP contribution in [-0.4, -0.2) is 17.6 Å². The van der Waals surface area contributed by atoms with Gasteiger partial charge in [-0.15, -0.1) is 11.3 Å². The molecule has 1 heterocycles. The number of nitrogens with two attached hydrogens (primary N) is 1. The van der Waals surface area contributed by atoms with Crippen molar-refractivity contribution < 1.29 is 4.74 Å². The molecule has 0 atom stereocenters. The first kappa shape index (κ1) is 15.0. The van der Waals surface area contributed by atoms with Crippen LogP contribution in [0.2, 0.25) is 0 Å². The maximum atomic E-state index is 5.65. The first-order chi connectivity index (χ1) is 9.69. The lowest BCUT2D eigenvalue weighted by molar-refractivity contribution is 0.242. The van der Waals surface area contributed by atoms with Crippen LogP contribution >= 0.6 is 11.3 Å². The Balaban J connectivity index is 2.00. The first-order valence-corrected chi connectivity index (χ1v) is 7.98. The lowest BCUT2D eigenvalue weighted by Crippen LogP contribution is -2.05. The molecule has 2 rings (SSSR count). The lowest BCUT2D eigenvalue weighted by atomic mass is 10.1. The molecule has 0 saturated carbocycles. The highest BCUT2D eigenvalue weighted by molar-refractivity contribution is 7.09. The van der Waals surface area contributed by atoms with Crippen LogP contribution in [0.4, 0.5) is 0 Å². The molecule has 0 unspecified atom stereocenters. The van der Waals surface area contributed by atoms with E-state index in [1.807, 2.05) is 26.0 Å². The summed E-state index contributed by atoms with van der Waals surface area (Å²) in [6.07, 6.45) is 3.41. The average Bonchev–Trinajstić information content (AvgIpc) is 2.88. The number of hydrogen-bond acceptors (Lipinski definition) is 4. The van der Waals surface area contributed by atoms with E-state index in [1.54, 1.807) is 11.3 Å². The van der Waals surface area contributed by atoms with E-state index in [0.29, 0.717) is 0 Å². The predicted octanol–water partition coefficient (Wildman–Crippen LogP) is 3.88. The third-order valence-corrected chi connectivity index (χ3v) is 3.83. The molecule has 0 radical (unpaired) electrons. The fourth-order valence-electron chi connectivity index (χ4n) is 1.96. The number of aryl methyl sites for hydroxylation is 1. The molecule has 1 aromatic carbocycles. The highest BCUT2D eigenvalue weighted by Gasteiger charge is 2.05. The van der Waals surface area contributed by atoms with Gasteiger partial charge in [-0.1, -0.05) is 0 Å². The van der Waals surface area contributed by atoms with Crippen LogP contribution in [0.1, 0.15) is 31.7 Å². The molecule has 1 aromatic heterocycles. The van der Waals surface area contributed by atoms with Crippen molar-refractivity contribution in [3.05, 3.63) is 34.7 Å². The normalized spacial score (nSPS) is 11.0. The smallest absolute Gasteiger partial charge is 0.119 e.